The third kappa shape index (κ3) is 3.41. The van der Waals surface area contributed by atoms with Crippen LogP contribution in [0.25, 0.3) is 0 Å². The van der Waals surface area contributed by atoms with E-state index in [4.69, 9.17) is 10.5 Å². The van der Waals surface area contributed by atoms with E-state index in [1.807, 2.05) is 11.4 Å². The number of nitrogens with zero attached hydrogens (tertiary/aromatic N) is 2. The van der Waals surface area contributed by atoms with E-state index >= 15 is 0 Å². The van der Waals surface area contributed by atoms with Gasteiger partial charge in [-0.25, -0.2) is 4.68 Å². The first-order valence-electron chi connectivity index (χ1n) is 5.72. The molecule has 0 amide bonds. The highest BCUT2D eigenvalue weighted by Crippen LogP contribution is 2.09. The van der Waals surface area contributed by atoms with Gasteiger partial charge >= 0.3 is 0 Å². The summed E-state index contributed by atoms with van der Waals surface area (Å²) >= 11 is 1.68. The molecule has 0 aliphatic heterocycles. The summed E-state index contributed by atoms with van der Waals surface area (Å²) in [6.45, 7) is 1.39. The van der Waals surface area contributed by atoms with E-state index in [0.717, 1.165) is 6.42 Å². The van der Waals surface area contributed by atoms with Gasteiger partial charge in [0.15, 0.2) is 0 Å². The van der Waals surface area contributed by atoms with E-state index in [2.05, 4.69) is 11.2 Å². The van der Waals surface area contributed by atoms with Gasteiger partial charge in [0.1, 0.15) is 12.4 Å². The van der Waals surface area contributed by atoms with E-state index < -0.39 is 0 Å². The number of aromatic nitrogens is 2. The Kier molecular flexibility index (Phi) is 4.49. The van der Waals surface area contributed by atoms with Crippen LogP contribution < -0.4 is 16.0 Å². The minimum Gasteiger partial charge on any atom is -0.490 e. The van der Waals surface area contributed by atoms with Gasteiger partial charge in [-0.1, -0.05) is 6.07 Å². The Morgan fingerprint density at radius 1 is 1.50 bits per heavy atom. The second-order valence-electron chi connectivity index (χ2n) is 3.72. The molecule has 0 spiro atoms. The average molecular weight is 265 g/mol. The topological polar surface area (TPSA) is 70.1 Å². The Morgan fingerprint density at radius 3 is 3.06 bits per heavy atom. The van der Waals surface area contributed by atoms with Gasteiger partial charge in [0, 0.05) is 30.5 Å². The molecule has 0 aromatic carbocycles. The van der Waals surface area contributed by atoms with Crippen molar-refractivity contribution in [3.05, 3.63) is 45.0 Å². The summed E-state index contributed by atoms with van der Waals surface area (Å²) < 4.78 is 6.68. The highest BCUT2D eigenvalue weighted by Gasteiger charge is 2.02. The van der Waals surface area contributed by atoms with Crippen molar-refractivity contribution >= 4 is 11.3 Å². The molecule has 2 heterocycles. The van der Waals surface area contributed by atoms with E-state index in [-0.39, 0.29) is 5.56 Å². The van der Waals surface area contributed by atoms with Gasteiger partial charge in [-0.2, -0.15) is 5.10 Å². The fraction of sp³-hybridized carbons (Fsp3) is 0.333. The van der Waals surface area contributed by atoms with Gasteiger partial charge in [0.2, 0.25) is 0 Å². The summed E-state index contributed by atoms with van der Waals surface area (Å²) in [5.41, 5.74) is 5.17. The molecule has 2 N–H and O–H groups in total. The number of thiophene rings is 1. The lowest BCUT2D eigenvalue weighted by atomic mass is 10.3. The third-order valence-corrected chi connectivity index (χ3v) is 3.32. The van der Waals surface area contributed by atoms with Crippen molar-refractivity contribution in [2.75, 3.05) is 13.2 Å². The van der Waals surface area contributed by atoms with Crippen LogP contribution in [0.15, 0.2) is 34.6 Å². The molecule has 0 unspecified atom stereocenters. The lowest BCUT2D eigenvalue weighted by Crippen LogP contribution is -2.23. The van der Waals surface area contributed by atoms with Gasteiger partial charge in [-0.15, -0.1) is 11.3 Å². The summed E-state index contributed by atoms with van der Waals surface area (Å²) in [6, 6.07) is 5.49. The molecular weight excluding hydrogens is 250 g/mol. The fourth-order valence-corrected chi connectivity index (χ4v) is 2.21. The van der Waals surface area contributed by atoms with Gasteiger partial charge in [-0.05, 0) is 11.4 Å². The van der Waals surface area contributed by atoms with E-state index in [9.17, 15) is 4.79 Å². The van der Waals surface area contributed by atoms with Crippen molar-refractivity contribution in [2.45, 2.75) is 13.0 Å². The van der Waals surface area contributed by atoms with E-state index in [1.165, 1.54) is 15.6 Å². The third-order valence-electron chi connectivity index (χ3n) is 2.38. The highest BCUT2D eigenvalue weighted by atomic mass is 32.1. The maximum Gasteiger partial charge on any atom is 0.270 e. The quantitative estimate of drug-likeness (QED) is 0.842. The van der Waals surface area contributed by atoms with Crippen molar-refractivity contribution in [2.24, 2.45) is 5.73 Å². The Hall–Kier alpha value is -1.66. The summed E-state index contributed by atoms with van der Waals surface area (Å²) in [5.74, 6) is 0.470. The zero-order valence-electron chi connectivity index (χ0n) is 9.91. The predicted molar refractivity (Wildman–Crippen MR) is 71.1 cm³/mol. The minimum absolute atomic E-state index is 0.152. The molecule has 2 aromatic rings. The maximum atomic E-state index is 11.8. The first-order chi connectivity index (χ1) is 8.79. The molecule has 0 fully saturated rings. The van der Waals surface area contributed by atoms with Crippen LogP contribution in [0, 0.1) is 0 Å². The van der Waals surface area contributed by atoms with E-state index in [1.54, 1.807) is 17.5 Å². The zero-order chi connectivity index (χ0) is 12.8. The van der Waals surface area contributed by atoms with E-state index in [0.29, 0.717) is 25.4 Å². The summed E-state index contributed by atoms with van der Waals surface area (Å²) in [6.07, 6.45) is 2.36. The lowest BCUT2D eigenvalue weighted by Gasteiger charge is -2.06. The largest absolute Gasteiger partial charge is 0.490 e. The number of hydrogen-bond acceptors (Lipinski definition) is 5. The van der Waals surface area contributed by atoms with Crippen LogP contribution in [0.2, 0.25) is 0 Å². The monoisotopic (exact) mass is 265 g/mol. The van der Waals surface area contributed by atoms with Crippen LogP contribution in [0.3, 0.4) is 0 Å². The number of hydrogen-bond donors (Lipinski definition) is 1. The second-order valence-corrected chi connectivity index (χ2v) is 4.75. The molecule has 0 aliphatic rings. The van der Waals surface area contributed by atoms with Gasteiger partial charge in [0.25, 0.3) is 5.56 Å². The van der Waals surface area contributed by atoms with Crippen molar-refractivity contribution in [3.63, 3.8) is 0 Å². The smallest absolute Gasteiger partial charge is 0.270 e. The second kappa shape index (κ2) is 6.32. The SMILES string of the molecule is NCCOc1cnn(CCc2cccs2)c(=O)c1. The summed E-state index contributed by atoms with van der Waals surface area (Å²) in [4.78, 5) is 13.0. The molecule has 0 aliphatic carbocycles. The summed E-state index contributed by atoms with van der Waals surface area (Å²) in [5, 5.41) is 6.10. The standard InChI is InChI=1S/C12H15N3O2S/c13-4-6-17-10-8-12(16)15(14-9-10)5-3-11-2-1-7-18-11/h1-2,7-9H,3-6,13H2. The maximum absolute atomic E-state index is 11.8. The molecule has 0 bridgehead atoms. The van der Waals surface area contributed by atoms with Crippen molar-refractivity contribution in [3.8, 4) is 5.75 Å². The van der Waals surface area contributed by atoms with Crippen molar-refractivity contribution < 1.29 is 4.74 Å². The molecule has 96 valence electrons. The lowest BCUT2D eigenvalue weighted by molar-refractivity contribution is 0.323. The fourth-order valence-electron chi connectivity index (χ4n) is 1.51. The molecule has 2 aromatic heterocycles. The van der Waals surface area contributed by atoms with Crippen molar-refractivity contribution in [1.29, 1.82) is 0 Å². The Labute approximate surface area is 109 Å². The molecule has 6 heteroatoms. The van der Waals surface area contributed by atoms with Crippen LogP contribution >= 0.6 is 11.3 Å². The summed E-state index contributed by atoms with van der Waals surface area (Å²) in [7, 11) is 0. The Bertz CT molecular complexity index is 537. The minimum atomic E-state index is -0.152. The Morgan fingerprint density at radius 2 is 2.39 bits per heavy atom. The molecule has 2 rings (SSSR count). The van der Waals surface area contributed by atoms with Crippen LogP contribution in [0.5, 0.6) is 5.75 Å². The predicted octanol–water partition coefficient (Wildman–Crippen LogP) is 0.885. The zero-order valence-corrected chi connectivity index (χ0v) is 10.7. The average Bonchev–Trinajstić information content (AvgIpc) is 2.88. The van der Waals surface area contributed by atoms with Crippen LogP contribution in [-0.2, 0) is 13.0 Å². The number of aryl methyl sites for hydroxylation is 2. The number of ether oxygens (including phenoxy) is 1. The highest BCUT2D eigenvalue weighted by molar-refractivity contribution is 7.09. The van der Waals surface area contributed by atoms with Crippen molar-refractivity contribution in [1.82, 2.24) is 9.78 Å². The Balaban J connectivity index is 1.99. The first-order valence-corrected chi connectivity index (χ1v) is 6.60. The molecule has 0 saturated carbocycles. The molecule has 0 radical (unpaired) electrons. The molecule has 0 atom stereocenters. The number of nitrogens with two attached hydrogens (primary N) is 1. The molecule has 0 saturated heterocycles. The molecular formula is C12H15N3O2S. The first kappa shape index (κ1) is 12.8. The normalized spacial score (nSPS) is 10.5. The van der Waals surface area contributed by atoms with Crippen LogP contribution in [-0.4, -0.2) is 22.9 Å². The molecule has 5 nitrogen and oxygen atoms in total. The van der Waals surface area contributed by atoms with Gasteiger partial charge in [0.05, 0.1) is 6.20 Å². The number of rotatable bonds is 6. The van der Waals surface area contributed by atoms with Gasteiger partial charge < -0.3 is 10.5 Å². The molecule has 18 heavy (non-hydrogen) atoms. The van der Waals surface area contributed by atoms with Crippen LogP contribution in [0.4, 0.5) is 0 Å². The van der Waals surface area contributed by atoms with Crippen LogP contribution in [0.1, 0.15) is 4.88 Å². The van der Waals surface area contributed by atoms with Gasteiger partial charge in [-0.3, -0.25) is 4.79 Å².